The van der Waals surface area contributed by atoms with Gasteiger partial charge < -0.3 is 9.64 Å². The Labute approximate surface area is 163 Å². The Morgan fingerprint density at radius 1 is 0.964 bits per heavy atom. The number of para-hydroxylation sites is 3. The third-order valence-electron chi connectivity index (χ3n) is 4.54. The van der Waals surface area contributed by atoms with Crippen molar-refractivity contribution in [3.8, 4) is 11.5 Å². The van der Waals surface area contributed by atoms with Crippen molar-refractivity contribution < 1.29 is 17.9 Å². The molecule has 0 spiro atoms. The summed E-state index contributed by atoms with van der Waals surface area (Å²) in [5.41, 5.74) is 1.76. The second kappa shape index (κ2) is 7.01. The van der Waals surface area contributed by atoms with Crippen LogP contribution in [0, 0.1) is 0 Å². The molecule has 0 unspecified atom stereocenters. The van der Waals surface area contributed by atoms with E-state index >= 15 is 0 Å². The number of nitrogens with one attached hydrogen (secondary N) is 1. The van der Waals surface area contributed by atoms with E-state index in [1.165, 1.54) is 11.0 Å². The normalized spacial score (nSPS) is 13.3. The zero-order valence-corrected chi connectivity index (χ0v) is 15.9. The highest BCUT2D eigenvalue weighted by atomic mass is 32.2. The molecule has 1 heterocycles. The summed E-state index contributed by atoms with van der Waals surface area (Å²) < 4.78 is 34.2. The van der Waals surface area contributed by atoms with Crippen molar-refractivity contribution in [2.24, 2.45) is 0 Å². The number of hydrogen-bond acceptors (Lipinski definition) is 4. The molecule has 1 N–H and O–H groups in total. The first-order chi connectivity index (χ1) is 13.4. The quantitative estimate of drug-likeness (QED) is 0.714. The van der Waals surface area contributed by atoms with Crippen LogP contribution in [0.3, 0.4) is 0 Å². The van der Waals surface area contributed by atoms with Gasteiger partial charge in [-0.15, -0.1) is 0 Å². The minimum Gasteiger partial charge on any atom is -0.455 e. The van der Waals surface area contributed by atoms with E-state index in [1.54, 1.807) is 55.6 Å². The first kappa shape index (κ1) is 18.1. The van der Waals surface area contributed by atoms with Crippen molar-refractivity contribution in [3.05, 3.63) is 78.4 Å². The molecule has 0 atom stereocenters. The number of anilines is 2. The summed E-state index contributed by atoms with van der Waals surface area (Å²) in [5, 5.41) is 0. The topological polar surface area (TPSA) is 75.7 Å². The first-order valence-corrected chi connectivity index (χ1v) is 10.2. The number of sulfonamides is 1. The van der Waals surface area contributed by atoms with Gasteiger partial charge in [-0.1, -0.05) is 30.3 Å². The number of fused-ring (bicyclic) bond motifs is 1. The number of nitrogens with zero attached hydrogens (tertiary/aromatic N) is 1. The summed E-state index contributed by atoms with van der Waals surface area (Å²) in [5.74, 6) is 0.945. The summed E-state index contributed by atoms with van der Waals surface area (Å²) >= 11 is 0. The number of carbonyl (C=O) groups excluding carboxylic acids is 1. The van der Waals surface area contributed by atoms with Crippen molar-refractivity contribution in [1.29, 1.82) is 0 Å². The summed E-state index contributed by atoms with van der Waals surface area (Å²) in [6.07, 6.45) is 0.197. The molecule has 0 saturated heterocycles. The molecule has 1 aliphatic heterocycles. The van der Waals surface area contributed by atoms with Crippen LogP contribution in [-0.2, 0) is 21.2 Å². The van der Waals surface area contributed by atoms with Crippen molar-refractivity contribution in [1.82, 2.24) is 0 Å². The van der Waals surface area contributed by atoms with Gasteiger partial charge in [-0.2, -0.15) is 0 Å². The molecule has 4 rings (SSSR count). The fourth-order valence-corrected chi connectivity index (χ4v) is 4.19. The number of ether oxygens (including phenoxy) is 1. The third-order valence-corrected chi connectivity index (χ3v) is 5.90. The van der Waals surface area contributed by atoms with Gasteiger partial charge in [-0.25, -0.2) is 8.42 Å². The van der Waals surface area contributed by atoms with Crippen molar-refractivity contribution >= 4 is 27.3 Å². The fourth-order valence-electron chi connectivity index (χ4n) is 3.07. The lowest BCUT2D eigenvalue weighted by Gasteiger charge is -2.14. The average molecular weight is 394 g/mol. The Morgan fingerprint density at radius 2 is 1.68 bits per heavy atom. The molecule has 28 heavy (non-hydrogen) atoms. The van der Waals surface area contributed by atoms with Crippen LogP contribution in [-0.4, -0.2) is 21.4 Å². The molecule has 0 aromatic heterocycles. The number of carbonyl (C=O) groups is 1. The number of benzene rings is 3. The van der Waals surface area contributed by atoms with Gasteiger partial charge in [-0.3, -0.25) is 9.52 Å². The SMILES string of the molecule is CN1C(=O)Cc2cc(S(=O)(=O)Nc3ccccc3Oc3ccccc3)ccc21. The maximum absolute atomic E-state index is 12.9. The second-order valence-corrected chi connectivity index (χ2v) is 8.12. The molecule has 3 aromatic carbocycles. The lowest BCUT2D eigenvalue weighted by molar-refractivity contribution is -0.117. The minimum atomic E-state index is -3.84. The number of hydrogen-bond donors (Lipinski definition) is 1. The Morgan fingerprint density at radius 3 is 2.46 bits per heavy atom. The first-order valence-electron chi connectivity index (χ1n) is 8.68. The zero-order valence-electron chi connectivity index (χ0n) is 15.1. The monoisotopic (exact) mass is 394 g/mol. The van der Waals surface area contributed by atoms with E-state index in [2.05, 4.69) is 4.72 Å². The van der Waals surface area contributed by atoms with Crippen molar-refractivity contribution in [2.75, 3.05) is 16.7 Å². The molecule has 6 nitrogen and oxygen atoms in total. The van der Waals surface area contributed by atoms with Gasteiger partial charge in [0.2, 0.25) is 5.91 Å². The summed E-state index contributed by atoms with van der Waals surface area (Å²) in [4.78, 5) is 13.5. The van der Waals surface area contributed by atoms with E-state index in [1.807, 2.05) is 18.2 Å². The van der Waals surface area contributed by atoms with E-state index < -0.39 is 10.0 Å². The molecular weight excluding hydrogens is 376 g/mol. The van der Waals surface area contributed by atoms with Crippen LogP contribution in [0.4, 0.5) is 11.4 Å². The van der Waals surface area contributed by atoms with Gasteiger partial charge in [0.25, 0.3) is 10.0 Å². The van der Waals surface area contributed by atoms with Gasteiger partial charge >= 0.3 is 0 Å². The molecule has 1 amide bonds. The predicted molar refractivity (Wildman–Crippen MR) is 107 cm³/mol. The molecular formula is C21H18N2O4S. The van der Waals surface area contributed by atoms with Crippen LogP contribution in [0.15, 0.2) is 77.7 Å². The van der Waals surface area contributed by atoms with Crippen LogP contribution in [0.25, 0.3) is 0 Å². The lowest BCUT2D eigenvalue weighted by Crippen LogP contribution is -2.20. The van der Waals surface area contributed by atoms with E-state index in [0.29, 0.717) is 22.7 Å². The molecule has 3 aromatic rings. The largest absolute Gasteiger partial charge is 0.455 e. The Hall–Kier alpha value is -3.32. The summed E-state index contributed by atoms with van der Waals surface area (Å²) in [6.45, 7) is 0. The van der Waals surface area contributed by atoms with Crippen molar-refractivity contribution in [3.63, 3.8) is 0 Å². The highest BCUT2D eigenvalue weighted by Gasteiger charge is 2.26. The summed E-state index contributed by atoms with van der Waals surface area (Å²) in [7, 11) is -2.17. The van der Waals surface area contributed by atoms with Gasteiger partial charge in [0.15, 0.2) is 5.75 Å². The predicted octanol–water partition coefficient (Wildman–Crippen LogP) is 3.80. The zero-order chi connectivity index (χ0) is 19.7. The number of amides is 1. The Bertz CT molecular complexity index is 1140. The molecule has 0 aliphatic carbocycles. The van der Waals surface area contributed by atoms with Crippen LogP contribution < -0.4 is 14.4 Å². The highest BCUT2D eigenvalue weighted by molar-refractivity contribution is 7.92. The highest BCUT2D eigenvalue weighted by Crippen LogP contribution is 2.33. The smallest absolute Gasteiger partial charge is 0.262 e. The van der Waals surface area contributed by atoms with Gasteiger partial charge in [0, 0.05) is 12.7 Å². The van der Waals surface area contributed by atoms with E-state index in [0.717, 1.165) is 5.69 Å². The van der Waals surface area contributed by atoms with Gasteiger partial charge in [-0.05, 0) is 48.0 Å². The van der Waals surface area contributed by atoms with Gasteiger partial charge in [0.05, 0.1) is 17.0 Å². The fraction of sp³-hybridized carbons (Fsp3) is 0.0952. The third kappa shape index (κ3) is 3.44. The molecule has 7 heteroatoms. The van der Waals surface area contributed by atoms with E-state index in [-0.39, 0.29) is 17.2 Å². The van der Waals surface area contributed by atoms with Crippen LogP contribution in [0.5, 0.6) is 11.5 Å². The summed E-state index contributed by atoms with van der Waals surface area (Å²) in [6, 6.07) is 20.7. The van der Waals surface area contributed by atoms with Crippen LogP contribution >= 0.6 is 0 Å². The Balaban J connectivity index is 1.63. The average Bonchev–Trinajstić information content (AvgIpc) is 2.97. The molecule has 0 radical (unpaired) electrons. The number of rotatable bonds is 5. The van der Waals surface area contributed by atoms with E-state index in [9.17, 15) is 13.2 Å². The van der Waals surface area contributed by atoms with Crippen molar-refractivity contribution in [2.45, 2.75) is 11.3 Å². The standard InChI is InChI=1S/C21H18N2O4S/c1-23-19-12-11-17(13-15(19)14-21(23)24)28(25,26)22-18-9-5-6-10-20(18)27-16-7-3-2-4-8-16/h2-13,22H,14H2,1H3. The maximum Gasteiger partial charge on any atom is 0.262 e. The molecule has 142 valence electrons. The van der Waals surface area contributed by atoms with Crippen LogP contribution in [0.2, 0.25) is 0 Å². The molecule has 0 bridgehead atoms. The second-order valence-electron chi connectivity index (χ2n) is 6.44. The number of likely N-dealkylation sites (N-methyl/N-ethyl adjacent to an activating group) is 1. The molecule has 0 saturated carbocycles. The maximum atomic E-state index is 12.9. The minimum absolute atomic E-state index is 0.0564. The molecule has 1 aliphatic rings. The Kier molecular flexibility index (Phi) is 4.52. The lowest BCUT2D eigenvalue weighted by atomic mass is 10.2. The van der Waals surface area contributed by atoms with E-state index in [4.69, 9.17) is 4.74 Å². The molecule has 0 fully saturated rings. The van der Waals surface area contributed by atoms with Gasteiger partial charge in [0.1, 0.15) is 5.75 Å². The van der Waals surface area contributed by atoms with Crippen LogP contribution in [0.1, 0.15) is 5.56 Å².